The molecule has 7 heteroatoms. The van der Waals surface area contributed by atoms with Crippen molar-refractivity contribution in [1.82, 2.24) is 24.9 Å². The molecule has 0 aliphatic carbocycles. The van der Waals surface area contributed by atoms with Gasteiger partial charge in [0.25, 0.3) is 0 Å². The number of aryl methyl sites for hydroxylation is 2. The van der Waals surface area contributed by atoms with E-state index in [1.165, 1.54) is 5.56 Å². The maximum absolute atomic E-state index is 12.5. The standard InChI is InChI=1S/C18H24N6O/c1-13-4-5-16(21-20-13)24-8-6-18(7-9-24)15(10-17(25)23(18)3)14-11-19-22(2)12-14/h4-5,11-12,15H,6-10H2,1-3H3. The minimum absolute atomic E-state index is 0.116. The molecule has 4 heterocycles. The summed E-state index contributed by atoms with van der Waals surface area (Å²) in [4.78, 5) is 16.8. The molecular formula is C18H24N6O. The molecule has 2 fully saturated rings. The highest BCUT2D eigenvalue weighted by Crippen LogP contribution is 2.48. The molecule has 1 amide bonds. The Labute approximate surface area is 147 Å². The molecule has 0 radical (unpaired) electrons. The van der Waals surface area contributed by atoms with Crippen molar-refractivity contribution in [2.45, 2.75) is 37.6 Å². The number of piperidine rings is 1. The summed E-state index contributed by atoms with van der Waals surface area (Å²) in [5.41, 5.74) is 1.98. The topological polar surface area (TPSA) is 67.2 Å². The average Bonchev–Trinajstić information content (AvgIpc) is 3.14. The van der Waals surface area contributed by atoms with Crippen LogP contribution >= 0.6 is 0 Å². The van der Waals surface area contributed by atoms with Crippen molar-refractivity contribution < 1.29 is 4.79 Å². The largest absolute Gasteiger partial charge is 0.355 e. The molecule has 1 unspecified atom stereocenters. The van der Waals surface area contributed by atoms with Gasteiger partial charge in [0.15, 0.2) is 5.82 Å². The molecule has 2 aromatic rings. The van der Waals surface area contributed by atoms with Crippen molar-refractivity contribution >= 4 is 11.7 Å². The number of nitrogens with zero attached hydrogens (tertiary/aromatic N) is 6. The van der Waals surface area contributed by atoms with Gasteiger partial charge in [0.2, 0.25) is 5.91 Å². The summed E-state index contributed by atoms with van der Waals surface area (Å²) in [6.07, 6.45) is 6.41. The van der Waals surface area contributed by atoms with E-state index >= 15 is 0 Å². The molecule has 4 rings (SSSR count). The lowest BCUT2D eigenvalue weighted by Gasteiger charge is -2.46. The summed E-state index contributed by atoms with van der Waals surface area (Å²) in [6, 6.07) is 4.03. The van der Waals surface area contributed by atoms with Gasteiger partial charge < -0.3 is 9.80 Å². The highest BCUT2D eigenvalue weighted by molar-refractivity contribution is 5.81. The maximum Gasteiger partial charge on any atom is 0.223 e. The molecule has 1 atom stereocenters. The van der Waals surface area contributed by atoms with Crippen molar-refractivity contribution in [3.63, 3.8) is 0 Å². The van der Waals surface area contributed by atoms with Crippen LogP contribution in [0, 0.1) is 6.92 Å². The van der Waals surface area contributed by atoms with E-state index in [1.54, 1.807) is 0 Å². The van der Waals surface area contributed by atoms with Gasteiger partial charge in [-0.2, -0.15) is 10.2 Å². The van der Waals surface area contributed by atoms with Gasteiger partial charge in [0, 0.05) is 45.7 Å². The van der Waals surface area contributed by atoms with Gasteiger partial charge in [-0.25, -0.2) is 0 Å². The SMILES string of the molecule is Cc1ccc(N2CCC3(CC2)C(c2cnn(C)c2)CC(=O)N3C)nn1. The minimum atomic E-state index is -0.116. The monoisotopic (exact) mass is 340 g/mol. The summed E-state index contributed by atoms with van der Waals surface area (Å²) in [6.45, 7) is 3.71. The Morgan fingerprint density at radius 1 is 1.16 bits per heavy atom. The fraction of sp³-hybridized carbons (Fsp3) is 0.556. The zero-order valence-electron chi connectivity index (χ0n) is 15.0. The molecule has 2 saturated heterocycles. The summed E-state index contributed by atoms with van der Waals surface area (Å²) in [5, 5.41) is 12.8. The number of anilines is 1. The number of hydrogen-bond donors (Lipinski definition) is 0. The summed E-state index contributed by atoms with van der Waals surface area (Å²) in [5.74, 6) is 1.37. The fourth-order valence-corrected chi connectivity index (χ4v) is 4.40. The Bertz CT molecular complexity index is 775. The quantitative estimate of drug-likeness (QED) is 0.829. The lowest BCUT2D eigenvalue weighted by atomic mass is 9.74. The van der Waals surface area contributed by atoms with Crippen LogP contribution in [0.15, 0.2) is 24.5 Å². The Balaban J connectivity index is 1.58. The molecule has 132 valence electrons. The second-order valence-electron chi connectivity index (χ2n) is 7.28. The van der Waals surface area contributed by atoms with E-state index in [9.17, 15) is 4.79 Å². The summed E-state index contributed by atoms with van der Waals surface area (Å²) >= 11 is 0. The molecule has 0 N–H and O–H groups in total. The first-order chi connectivity index (χ1) is 12.0. The Hall–Kier alpha value is -2.44. The molecule has 25 heavy (non-hydrogen) atoms. The van der Waals surface area contributed by atoms with E-state index in [0.29, 0.717) is 6.42 Å². The highest BCUT2D eigenvalue weighted by Gasteiger charge is 2.53. The number of aromatic nitrogens is 4. The minimum Gasteiger partial charge on any atom is -0.355 e. The smallest absolute Gasteiger partial charge is 0.223 e. The number of carbonyl (C=O) groups excluding carboxylic acids is 1. The van der Waals surface area contributed by atoms with Crippen LogP contribution in [0.4, 0.5) is 5.82 Å². The second kappa shape index (κ2) is 5.82. The molecule has 2 aliphatic rings. The zero-order valence-corrected chi connectivity index (χ0v) is 15.0. The maximum atomic E-state index is 12.5. The van der Waals surface area contributed by atoms with Crippen molar-refractivity contribution in [3.05, 3.63) is 35.8 Å². The van der Waals surface area contributed by atoms with Crippen LogP contribution in [0.3, 0.4) is 0 Å². The van der Waals surface area contributed by atoms with Gasteiger partial charge in [0.05, 0.1) is 17.4 Å². The molecule has 0 bridgehead atoms. The van der Waals surface area contributed by atoms with Gasteiger partial charge in [-0.15, -0.1) is 5.10 Å². The lowest BCUT2D eigenvalue weighted by molar-refractivity contribution is -0.130. The molecule has 2 aromatic heterocycles. The number of rotatable bonds is 2. The third kappa shape index (κ3) is 2.58. The third-order valence-corrected chi connectivity index (χ3v) is 5.93. The van der Waals surface area contributed by atoms with Crippen LogP contribution in [0.25, 0.3) is 0 Å². The number of likely N-dealkylation sites (N-methyl/N-ethyl adjacent to an activating group) is 1. The number of likely N-dealkylation sites (tertiary alicyclic amines) is 1. The predicted octanol–water partition coefficient (Wildman–Crippen LogP) is 1.50. The second-order valence-corrected chi connectivity index (χ2v) is 7.28. The van der Waals surface area contributed by atoms with Crippen LogP contribution < -0.4 is 4.90 Å². The van der Waals surface area contributed by atoms with Gasteiger partial charge in [0.1, 0.15) is 0 Å². The summed E-state index contributed by atoms with van der Waals surface area (Å²) < 4.78 is 1.82. The number of hydrogen-bond acceptors (Lipinski definition) is 5. The van der Waals surface area contributed by atoms with Crippen LogP contribution in [0.1, 0.15) is 36.4 Å². The van der Waals surface area contributed by atoms with Crippen molar-refractivity contribution in [2.75, 3.05) is 25.0 Å². The molecular weight excluding hydrogens is 316 g/mol. The van der Waals surface area contributed by atoms with E-state index in [-0.39, 0.29) is 17.4 Å². The Morgan fingerprint density at radius 2 is 1.92 bits per heavy atom. The van der Waals surface area contributed by atoms with Gasteiger partial charge >= 0.3 is 0 Å². The lowest BCUT2D eigenvalue weighted by Crippen LogP contribution is -2.54. The zero-order chi connectivity index (χ0) is 17.6. The van der Waals surface area contributed by atoms with Crippen LogP contribution in [-0.4, -0.2) is 56.5 Å². The van der Waals surface area contributed by atoms with Gasteiger partial charge in [-0.3, -0.25) is 9.48 Å². The third-order valence-electron chi connectivity index (χ3n) is 5.93. The fourth-order valence-electron chi connectivity index (χ4n) is 4.40. The molecule has 7 nitrogen and oxygen atoms in total. The van der Waals surface area contributed by atoms with E-state index in [2.05, 4.69) is 26.4 Å². The van der Waals surface area contributed by atoms with Crippen LogP contribution in [0.2, 0.25) is 0 Å². The van der Waals surface area contributed by atoms with E-state index in [0.717, 1.165) is 37.4 Å². The van der Waals surface area contributed by atoms with E-state index in [4.69, 9.17) is 0 Å². The predicted molar refractivity (Wildman–Crippen MR) is 94.3 cm³/mol. The number of amides is 1. The van der Waals surface area contributed by atoms with Crippen LogP contribution in [0.5, 0.6) is 0 Å². The van der Waals surface area contributed by atoms with Crippen molar-refractivity contribution in [1.29, 1.82) is 0 Å². The van der Waals surface area contributed by atoms with E-state index in [1.807, 2.05) is 48.9 Å². The first kappa shape index (κ1) is 16.1. The first-order valence-corrected chi connectivity index (χ1v) is 8.80. The molecule has 1 spiro atoms. The van der Waals surface area contributed by atoms with E-state index < -0.39 is 0 Å². The first-order valence-electron chi connectivity index (χ1n) is 8.80. The van der Waals surface area contributed by atoms with Crippen molar-refractivity contribution in [3.8, 4) is 0 Å². The van der Waals surface area contributed by atoms with Gasteiger partial charge in [-0.05, 0) is 37.5 Å². The number of carbonyl (C=O) groups is 1. The van der Waals surface area contributed by atoms with Crippen molar-refractivity contribution in [2.24, 2.45) is 7.05 Å². The normalized spacial score (nSPS) is 22.8. The summed E-state index contributed by atoms with van der Waals surface area (Å²) in [7, 11) is 3.88. The Morgan fingerprint density at radius 3 is 2.52 bits per heavy atom. The average molecular weight is 340 g/mol. The van der Waals surface area contributed by atoms with Gasteiger partial charge in [-0.1, -0.05) is 0 Å². The van der Waals surface area contributed by atoms with Crippen LogP contribution in [-0.2, 0) is 11.8 Å². The molecule has 0 aromatic carbocycles. The Kier molecular flexibility index (Phi) is 3.74. The molecule has 2 aliphatic heterocycles. The highest BCUT2D eigenvalue weighted by atomic mass is 16.2. The molecule has 0 saturated carbocycles.